The van der Waals surface area contributed by atoms with Gasteiger partial charge in [0.1, 0.15) is 12.4 Å². The maximum absolute atomic E-state index is 12.3. The Morgan fingerprint density at radius 3 is 2.52 bits per heavy atom. The maximum atomic E-state index is 12.3. The first-order valence-electron chi connectivity index (χ1n) is 7.43. The van der Waals surface area contributed by atoms with Crippen molar-refractivity contribution in [3.63, 3.8) is 0 Å². The van der Waals surface area contributed by atoms with Crippen LogP contribution in [0.4, 0.5) is 0 Å². The molecule has 1 amide bonds. The second-order valence-electron chi connectivity index (χ2n) is 5.45. The zero-order chi connectivity index (χ0) is 16.2. The third-order valence-corrected chi connectivity index (χ3v) is 4.49. The second-order valence-corrected chi connectivity index (χ2v) is 6.37. The van der Waals surface area contributed by atoms with Crippen molar-refractivity contribution < 1.29 is 14.3 Å². The first kappa shape index (κ1) is 16.0. The van der Waals surface area contributed by atoms with E-state index in [-0.39, 0.29) is 18.6 Å². The second kappa shape index (κ2) is 7.15. The molecule has 1 heterocycles. The van der Waals surface area contributed by atoms with Gasteiger partial charge in [-0.25, -0.2) is 0 Å². The molecule has 0 radical (unpaired) electrons. The third kappa shape index (κ3) is 3.74. The minimum absolute atomic E-state index is 0.0139. The normalized spacial score (nSPS) is 18.1. The van der Waals surface area contributed by atoms with Gasteiger partial charge >= 0.3 is 0 Å². The van der Waals surface area contributed by atoms with Gasteiger partial charge < -0.3 is 14.4 Å². The van der Waals surface area contributed by atoms with Crippen LogP contribution >= 0.6 is 15.9 Å². The van der Waals surface area contributed by atoms with E-state index in [1.165, 1.54) is 0 Å². The molecule has 1 unspecified atom stereocenters. The monoisotopic (exact) mass is 375 g/mol. The number of nitrogens with zero attached hydrogens (tertiary/aromatic N) is 1. The molecule has 2 aromatic carbocycles. The van der Waals surface area contributed by atoms with Gasteiger partial charge in [-0.2, -0.15) is 0 Å². The van der Waals surface area contributed by atoms with Crippen molar-refractivity contribution in [2.24, 2.45) is 0 Å². The van der Waals surface area contributed by atoms with Crippen LogP contribution in [0.25, 0.3) is 0 Å². The van der Waals surface area contributed by atoms with Crippen molar-refractivity contribution >= 4 is 21.8 Å². The average molecular weight is 376 g/mol. The Labute approximate surface area is 144 Å². The van der Waals surface area contributed by atoms with Crippen LogP contribution in [0.3, 0.4) is 0 Å². The van der Waals surface area contributed by atoms with E-state index in [0.29, 0.717) is 13.2 Å². The lowest BCUT2D eigenvalue weighted by molar-refractivity contribution is -0.149. The van der Waals surface area contributed by atoms with Gasteiger partial charge in [0, 0.05) is 11.0 Å². The highest BCUT2D eigenvalue weighted by Crippen LogP contribution is 2.28. The molecule has 0 saturated carbocycles. The number of benzene rings is 2. The fourth-order valence-corrected chi connectivity index (χ4v) is 2.96. The lowest BCUT2D eigenvalue weighted by atomic mass is 10.0. The van der Waals surface area contributed by atoms with Gasteiger partial charge in [0.25, 0.3) is 0 Å². The Hall–Kier alpha value is -1.85. The Balaban J connectivity index is 1.82. The minimum Gasteiger partial charge on any atom is -0.497 e. The minimum atomic E-state index is -0.0635. The Morgan fingerprint density at radius 1 is 1.17 bits per heavy atom. The molecule has 0 N–H and O–H groups in total. The number of amides is 1. The van der Waals surface area contributed by atoms with E-state index in [4.69, 9.17) is 9.47 Å². The summed E-state index contributed by atoms with van der Waals surface area (Å²) >= 11 is 3.44. The summed E-state index contributed by atoms with van der Waals surface area (Å²) in [6, 6.07) is 15.8. The molecule has 0 bridgehead atoms. The number of carbonyl (C=O) groups is 1. The lowest BCUT2D eigenvalue weighted by Crippen LogP contribution is -2.43. The summed E-state index contributed by atoms with van der Waals surface area (Å²) in [4.78, 5) is 14.2. The van der Waals surface area contributed by atoms with Crippen LogP contribution < -0.4 is 4.74 Å². The molecule has 0 aromatic heterocycles. The van der Waals surface area contributed by atoms with Gasteiger partial charge in [-0.1, -0.05) is 40.2 Å². The van der Waals surface area contributed by atoms with Crippen molar-refractivity contribution in [1.82, 2.24) is 4.90 Å². The lowest BCUT2D eigenvalue weighted by Gasteiger charge is -2.36. The molecule has 0 aliphatic carbocycles. The smallest absolute Gasteiger partial charge is 0.249 e. The fourth-order valence-electron chi connectivity index (χ4n) is 2.69. The molecule has 4 nitrogen and oxygen atoms in total. The predicted molar refractivity (Wildman–Crippen MR) is 91.2 cm³/mol. The molecule has 1 fully saturated rings. The number of hydrogen-bond donors (Lipinski definition) is 0. The van der Waals surface area contributed by atoms with Crippen molar-refractivity contribution in [2.45, 2.75) is 12.6 Å². The zero-order valence-electron chi connectivity index (χ0n) is 12.9. The van der Waals surface area contributed by atoms with Gasteiger partial charge in [-0.3, -0.25) is 4.79 Å². The van der Waals surface area contributed by atoms with E-state index in [1.54, 1.807) is 7.11 Å². The number of halogens is 1. The largest absolute Gasteiger partial charge is 0.497 e. The van der Waals surface area contributed by atoms with E-state index in [9.17, 15) is 4.79 Å². The molecule has 1 saturated heterocycles. The first-order chi connectivity index (χ1) is 11.2. The Bertz CT molecular complexity index is 670. The van der Waals surface area contributed by atoms with Crippen LogP contribution in [0.15, 0.2) is 53.0 Å². The standard InChI is InChI=1S/C18H18BrNO3/c1-22-16-8-2-13(3-9-16)10-20-17(11-23-12-18(20)21)14-4-6-15(19)7-5-14/h2-9,17H,10-12H2,1H3. The number of ether oxygens (including phenoxy) is 2. The van der Waals surface area contributed by atoms with Crippen molar-refractivity contribution in [1.29, 1.82) is 0 Å². The van der Waals surface area contributed by atoms with Crippen molar-refractivity contribution in [3.05, 3.63) is 64.1 Å². The summed E-state index contributed by atoms with van der Waals surface area (Å²) < 4.78 is 11.7. The van der Waals surface area contributed by atoms with E-state index in [0.717, 1.165) is 21.3 Å². The van der Waals surface area contributed by atoms with Crippen LogP contribution in [0.2, 0.25) is 0 Å². The summed E-state index contributed by atoms with van der Waals surface area (Å²) in [7, 11) is 1.64. The summed E-state index contributed by atoms with van der Waals surface area (Å²) in [5.74, 6) is 0.825. The number of methoxy groups -OCH3 is 1. The van der Waals surface area contributed by atoms with Crippen LogP contribution in [0.5, 0.6) is 5.75 Å². The van der Waals surface area contributed by atoms with Crippen molar-refractivity contribution in [3.8, 4) is 5.75 Å². The van der Waals surface area contributed by atoms with E-state index < -0.39 is 0 Å². The maximum Gasteiger partial charge on any atom is 0.249 e. The van der Waals surface area contributed by atoms with Crippen molar-refractivity contribution in [2.75, 3.05) is 20.3 Å². The molecular weight excluding hydrogens is 358 g/mol. The summed E-state index contributed by atoms with van der Waals surface area (Å²) in [6.45, 7) is 1.22. The van der Waals surface area contributed by atoms with Crippen LogP contribution in [0, 0.1) is 0 Å². The topological polar surface area (TPSA) is 38.8 Å². The van der Waals surface area contributed by atoms with Crippen LogP contribution in [0.1, 0.15) is 17.2 Å². The van der Waals surface area contributed by atoms with Gasteiger partial charge in [-0.05, 0) is 35.4 Å². The molecule has 1 aliphatic heterocycles. The van der Waals surface area contributed by atoms with Crippen LogP contribution in [-0.2, 0) is 16.1 Å². The highest BCUT2D eigenvalue weighted by molar-refractivity contribution is 9.10. The van der Waals surface area contributed by atoms with E-state index >= 15 is 0 Å². The summed E-state index contributed by atoms with van der Waals surface area (Å²) in [5, 5.41) is 0. The SMILES string of the molecule is COc1ccc(CN2C(=O)COCC2c2ccc(Br)cc2)cc1. The molecule has 120 valence electrons. The van der Waals surface area contributed by atoms with Gasteiger partial charge in [0.2, 0.25) is 5.91 Å². The summed E-state index contributed by atoms with van der Waals surface area (Å²) in [5.41, 5.74) is 2.15. The first-order valence-corrected chi connectivity index (χ1v) is 8.22. The van der Waals surface area contributed by atoms with E-state index in [1.807, 2.05) is 53.4 Å². The Morgan fingerprint density at radius 2 is 1.87 bits per heavy atom. The van der Waals surface area contributed by atoms with Gasteiger partial charge in [-0.15, -0.1) is 0 Å². The molecule has 23 heavy (non-hydrogen) atoms. The van der Waals surface area contributed by atoms with E-state index in [2.05, 4.69) is 15.9 Å². The van der Waals surface area contributed by atoms with Gasteiger partial charge in [0.15, 0.2) is 0 Å². The number of rotatable bonds is 4. The molecule has 2 aromatic rings. The molecule has 3 rings (SSSR count). The molecule has 5 heteroatoms. The number of carbonyl (C=O) groups excluding carboxylic acids is 1. The highest BCUT2D eigenvalue weighted by Gasteiger charge is 2.29. The van der Waals surface area contributed by atoms with Crippen LogP contribution in [-0.4, -0.2) is 31.1 Å². The van der Waals surface area contributed by atoms with Gasteiger partial charge in [0.05, 0.1) is 19.8 Å². The molecular formula is C18H18BrNO3. The number of hydrogen-bond acceptors (Lipinski definition) is 3. The molecule has 0 spiro atoms. The quantitative estimate of drug-likeness (QED) is 0.819. The molecule has 1 atom stereocenters. The highest BCUT2D eigenvalue weighted by atomic mass is 79.9. The third-order valence-electron chi connectivity index (χ3n) is 3.96. The molecule has 1 aliphatic rings. The number of morpholine rings is 1. The average Bonchev–Trinajstić information content (AvgIpc) is 2.58. The fraction of sp³-hybridized carbons (Fsp3) is 0.278. The summed E-state index contributed by atoms with van der Waals surface area (Å²) in [6.07, 6.45) is 0. The zero-order valence-corrected chi connectivity index (χ0v) is 14.5. The Kier molecular flexibility index (Phi) is 4.98. The predicted octanol–water partition coefficient (Wildman–Crippen LogP) is 3.56.